The van der Waals surface area contributed by atoms with Crippen molar-refractivity contribution < 1.29 is 24.5 Å². The maximum Gasteiger partial charge on any atom is 0.313 e. The van der Waals surface area contributed by atoms with E-state index < -0.39 is 23.6 Å². The standard InChI is InChI=1S/C17H24O5S/c1-10-4-3-5-16(2)6-7-17(21)11(8-23-9-12(18)19)15(20)22-14(17)13(10)16/h11,14,21H,3-9H2,1-2H3,(H,18,19)/t11?,14-,16+,17?/m0/s1. The van der Waals surface area contributed by atoms with Gasteiger partial charge in [0, 0.05) is 5.75 Å². The van der Waals surface area contributed by atoms with Crippen LogP contribution in [-0.2, 0) is 14.3 Å². The first-order chi connectivity index (χ1) is 10.8. The number of carbonyl (C=O) groups is 2. The number of carboxylic acid groups (broad SMARTS) is 1. The molecule has 1 heterocycles. The number of fused-ring (bicyclic) bond motifs is 3. The van der Waals surface area contributed by atoms with Gasteiger partial charge >= 0.3 is 11.9 Å². The highest BCUT2D eigenvalue weighted by Crippen LogP contribution is 2.57. The van der Waals surface area contributed by atoms with Gasteiger partial charge in [-0.3, -0.25) is 9.59 Å². The van der Waals surface area contributed by atoms with E-state index in [-0.39, 0.29) is 17.1 Å². The second-order valence-electron chi connectivity index (χ2n) is 7.38. The Labute approximate surface area is 140 Å². The van der Waals surface area contributed by atoms with E-state index in [1.54, 1.807) is 0 Å². The molecule has 0 aromatic rings. The van der Waals surface area contributed by atoms with Crippen LogP contribution in [-0.4, -0.2) is 45.4 Å². The van der Waals surface area contributed by atoms with E-state index in [0.717, 1.165) is 31.3 Å². The topological polar surface area (TPSA) is 83.8 Å². The number of hydrogen-bond donors (Lipinski definition) is 2. The third kappa shape index (κ3) is 2.70. The number of aliphatic hydroxyl groups is 1. The summed E-state index contributed by atoms with van der Waals surface area (Å²) in [4.78, 5) is 23.0. The van der Waals surface area contributed by atoms with Gasteiger partial charge in [0.1, 0.15) is 5.60 Å². The van der Waals surface area contributed by atoms with Gasteiger partial charge in [-0.25, -0.2) is 0 Å². The Morgan fingerprint density at radius 3 is 2.83 bits per heavy atom. The molecule has 0 bridgehead atoms. The van der Waals surface area contributed by atoms with Gasteiger partial charge < -0.3 is 14.9 Å². The summed E-state index contributed by atoms with van der Waals surface area (Å²) >= 11 is 1.17. The number of ether oxygens (including phenoxy) is 1. The van der Waals surface area contributed by atoms with Crippen LogP contribution in [0.15, 0.2) is 11.1 Å². The quantitative estimate of drug-likeness (QED) is 0.604. The highest BCUT2D eigenvalue weighted by atomic mass is 32.2. The number of carboxylic acids is 1. The zero-order chi connectivity index (χ0) is 16.8. The molecule has 2 unspecified atom stereocenters. The van der Waals surface area contributed by atoms with Gasteiger partial charge in [-0.15, -0.1) is 11.8 Å². The molecule has 5 nitrogen and oxygen atoms in total. The molecule has 0 aromatic heterocycles. The molecule has 1 saturated heterocycles. The molecular weight excluding hydrogens is 316 g/mol. The summed E-state index contributed by atoms with van der Waals surface area (Å²) in [6, 6.07) is 0. The lowest BCUT2D eigenvalue weighted by atomic mass is 9.58. The number of thioether (sulfide) groups is 1. The van der Waals surface area contributed by atoms with Crippen LogP contribution in [0.3, 0.4) is 0 Å². The van der Waals surface area contributed by atoms with Gasteiger partial charge in [0.05, 0.1) is 11.7 Å². The first-order valence-electron chi connectivity index (χ1n) is 8.20. The van der Waals surface area contributed by atoms with E-state index in [0.29, 0.717) is 12.2 Å². The van der Waals surface area contributed by atoms with Gasteiger partial charge in [0.15, 0.2) is 6.10 Å². The Hall–Kier alpha value is -1.01. The molecule has 1 aliphatic heterocycles. The highest BCUT2D eigenvalue weighted by molar-refractivity contribution is 7.99. The molecule has 3 rings (SSSR count). The molecule has 23 heavy (non-hydrogen) atoms. The molecule has 3 aliphatic rings. The maximum atomic E-state index is 12.3. The second-order valence-corrected chi connectivity index (χ2v) is 8.41. The minimum Gasteiger partial charge on any atom is -0.481 e. The highest BCUT2D eigenvalue weighted by Gasteiger charge is 2.62. The molecule has 0 amide bonds. The average molecular weight is 340 g/mol. The van der Waals surface area contributed by atoms with E-state index in [2.05, 4.69) is 13.8 Å². The normalized spacial score (nSPS) is 39.7. The van der Waals surface area contributed by atoms with Gasteiger partial charge in [-0.1, -0.05) is 12.5 Å². The molecule has 128 valence electrons. The predicted octanol–water partition coefficient (Wildman–Crippen LogP) is 2.38. The van der Waals surface area contributed by atoms with Crippen LogP contribution < -0.4 is 0 Å². The van der Waals surface area contributed by atoms with Crippen molar-refractivity contribution >= 4 is 23.7 Å². The van der Waals surface area contributed by atoms with Crippen molar-refractivity contribution in [2.24, 2.45) is 11.3 Å². The molecule has 0 aromatic carbocycles. The Morgan fingerprint density at radius 1 is 1.39 bits per heavy atom. The van der Waals surface area contributed by atoms with Crippen LogP contribution in [0, 0.1) is 11.3 Å². The van der Waals surface area contributed by atoms with Crippen molar-refractivity contribution in [1.29, 1.82) is 0 Å². The van der Waals surface area contributed by atoms with E-state index in [4.69, 9.17) is 9.84 Å². The van der Waals surface area contributed by atoms with Crippen molar-refractivity contribution in [3.8, 4) is 0 Å². The predicted molar refractivity (Wildman–Crippen MR) is 87.2 cm³/mol. The van der Waals surface area contributed by atoms with Crippen LogP contribution in [0.2, 0.25) is 0 Å². The molecule has 6 heteroatoms. The van der Waals surface area contributed by atoms with E-state index in [9.17, 15) is 14.7 Å². The van der Waals surface area contributed by atoms with Crippen LogP contribution in [0.25, 0.3) is 0 Å². The van der Waals surface area contributed by atoms with Crippen LogP contribution in [0.5, 0.6) is 0 Å². The van der Waals surface area contributed by atoms with E-state index in [1.165, 1.54) is 17.3 Å². The first kappa shape index (κ1) is 16.8. The van der Waals surface area contributed by atoms with E-state index in [1.807, 2.05) is 0 Å². The Kier molecular flexibility index (Phi) is 4.25. The summed E-state index contributed by atoms with van der Waals surface area (Å²) in [6.07, 6.45) is 4.04. The van der Waals surface area contributed by atoms with Gasteiger partial charge in [0.25, 0.3) is 0 Å². The summed E-state index contributed by atoms with van der Waals surface area (Å²) in [7, 11) is 0. The van der Waals surface area contributed by atoms with Crippen LogP contribution in [0.4, 0.5) is 0 Å². The van der Waals surface area contributed by atoms with Crippen molar-refractivity contribution in [1.82, 2.24) is 0 Å². The van der Waals surface area contributed by atoms with Crippen molar-refractivity contribution in [2.45, 2.75) is 57.7 Å². The second kappa shape index (κ2) is 5.81. The van der Waals surface area contributed by atoms with Gasteiger partial charge in [0.2, 0.25) is 0 Å². The smallest absolute Gasteiger partial charge is 0.313 e. The number of esters is 1. The van der Waals surface area contributed by atoms with E-state index >= 15 is 0 Å². The molecule has 2 fully saturated rings. The van der Waals surface area contributed by atoms with Gasteiger partial charge in [-0.05, 0) is 50.0 Å². The Bertz CT molecular complexity index is 571. The lowest BCUT2D eigenvalue weighted by molar-refractivity contribution is -0.143. The summed E-state index contributed by atoms with van der Waals surface area (Å²) < 4.78 is 5.64. The number of hydrogen-bond acceptors (Lipinski definition) is 5. The van der Waals surface area contributed by atoms with Crippen LogP contribution >= 0.6 is 11.8 Å². The maximum absolute atomic E-state index is 12.3. The van der Waals surface area contributed by atoms with Crippen molar-refractivity contribution in [2.75, 3.05) is 11.5 Å². The summed E-state index contributed by atoms with van der Waals surface area (Å²) in [5, 5.41) is 20.0. The molecule has 4 atom stereocenters. The number of aliphatic carboxylic acids is 1. The summed E-state index contributed by atoms with van der Waals surface area (Å²) in [6.45, 7) is 4.30. The molecule has 0 radical (unpaired) electrons. The number of allylic oxidation sites excluding steroid dienone is 1. The fourth-order valence-electron chi connectivity index (χ4n) is 4.58. The molecule has 1 saturated carbocycles. The lowest BCUT2D eigenvalue weighted by Crippen LogP contribution is -2.53. The Balaban J connectivity index is 1.87. The lowest BCUT2D eigenvalue weighted by Gasteiger charge is -2.49. The fourth-order valence-corrected chi connectivity index (χ4v) is 5.53. The van der Waals surface area contributed by atoms with Gasteiger partial charge in [-0.2, -0.15) is 0 Å². The zero-order valence-electron chi connectivity index (χ0n) is 13.6. The first-order valence-corrected chi connectivity index (χ1v) is 9.36. The van der Waals surface area contributed by atoms with Crippen molar-refractivity contribution in [3.05, 3.63) is 11.1 Å². The molecule has 0 spiro atoms. The molecular formula is C17H24O5S. The number of carbonyl (C=O) groups excluding carboxylic acids is 1. The minimum absolute atomic E-state index is 0.0165. The Morgan fingerprint density at radius 2 is 2.13 bits per heavy atom. The zero-order valence-corrected chi connectivity index (χ0v) is 14.4. The summed E-state index contributed by atoms with van der Waals surface area (Å²) in [5.41, 5.74) is 1.20. The largest absolute Gasteiger partial charge is 0.481 e. The number of rotatable bonds is 4. The fraction of sp³-hybridized carbons (Fsp3) is 0.765. The summed E-state index contributed by atoms with van der Waals surface area (Å²) in [5.74, 6) is -1.70. The van der Waals surface area contributed by atoms with Crippen LogP contribution in [0.1, 0.15) is 46.0 Å². The third-order valence-corrected chi connectivity index (χ3v) is 6.84. The SMILES string of the molecule is CC1=C2[C@@H]3OC(=O)C(CSCC(=O)O)C3(O)CC[C@@]2(C)CCC1. The molecule has 2 N–H and O–H groups in total. The third-order valence-electron chi connectivity index (χ3n) is 5.82. The molecule has 2 aliphatic carbocycles. The van der Waals surface area contributed by atoms with Crippen molar-refractivity contribution in [3.63, 3.8) is 0 Å². The average Bonchev–Trinajstić information content (AvgIpc) is 2.70. The minimum atomic E-state index is -1.18. The monoisotopic (exact) mass is 340 g/mol.